The van der Waals surface area contributed by atoms with Gasteiger partial charge in [-0.2, -0.15) is 0 Å². The van der Waals surface area contributed by atoms with Gasteiger partial charge in [0.25, 0.3) is 0 Å². The maximum Gasteiger partial charge on any atom is 0.249 e. The van der Waals surface area contributed by atoms with Gasteiger partial charge < -0.3 is 4.90 Å². The number of imidazole rings is 1. The van der Waals surface area contributed by atoms with Gasteiger partial charge in [0, 0.05) is 47.9 Å². The van der Waals surface area contributed by atoms with Crippen molar-refractivity contribution >= 4 is 97.8 Å². The number of benzene rings is 7. The molecule has 0 saturated carbocycles. The lowest BCUT2D eigenvalue weighted by atomic mass is 9.32. The highest BCUT2D eigenvalue weighted by molar-refractivity contribution is 8.01. The van der Waals surface area contributed by atoms with Gasteiger partial charge in [0.1, 0.15) is 5.82 Å². The molecule has 0 fully saturated rings. The molecule has 1 aromatic heterocycles. The minimum atomic E-state index is 0.126. The quantitative estimate of drug-likeness (QED) is 0.190. The van der Waals surface area contributed by atoms with Gasteiger partial charge in [-0.15, -0.1) is 0 Å². The molecule has 0 amide bonds. The minimum absolute atomic E-state index is 0.126. The normalized spacial score (nSPS) is 14.1. The van der Waals surface area contributed by atoms with Gasteiger partial charge in [-0.1, -0.05) is 132 Å². The Bertz CT molecular complexity index is 2740. The number of hydrogen-bond acceptors (Lipinski definition) is 4. The van der Waals surface area contributed by atoms with E-state index in [-0.39, 0.29) is 13.4 Å². The smallest absolute Gasteiger partial charge is 0.249 e. The van der Waals surface area contributed by atoms with Crippen molar-refractivity contribution in [2.24, 2.45) is 0 Å². The van der Waals surface area contributed by atoms with E-state index in [1.165, 1.54) is 80.6 Å². The van der Waals surface area contributed by atoms with Crippen molar-refractivity contribution < 1.29 is 0 Å². The highest BCUT2D eigenvalue weighted by Crippen LogP contribution is 2.43. The Hall–Kier alpha value is -5.36. The molecule has 230 valence electrons. The van der Waals surface area contributed by atoms with Crippen molar-refractivity contribution in [3.8, 4) is 17.1 Å². The third-order valence-electron chi connectivity index (χ3n) is 10.9. The molecule has 12 rings (SSSR count). The molecule has 0 spiro atoms. The van der Waals surface area contributed by atoms with Crippen LogP contribution in [0, 0.1) is 0 Å². The third-order valence-corrected chi connectivity index (χ3v) is 13.2. The summed E-state index contributed by atoms with van der Waals surface area (Å²) in [5.74, 6) is 1.00. The molecule has 0 N–H and O–H groups in total. The van der Waals surface area contributed by atoms with Gasteiger partial charge in [0.2, 0.25) is 13.4 Å². The summed E-state index contributed by atoms with van der Waals surface area (Å²) in [5, 5.41) is 0. The average Bonchev–Trinajstić information content (AvgIpc) is 3.57. The molecule has 0 bridgehead atoms. The molecule has 5 heterocycles. The molecule has 8 aromatic rings. The summed E-state index contributed by atoms with van der Waals surface area (Å²) in [5.41, 5.74) is 16.7. The lowest BCUT2D eigenvalue weighted by Gasteiger charge is -2.41. The lowest BCUT2D eigenvalue weighted by Crippen LogP contribution is -2.63. The van der Waals surface area contributed by atoms with Crippen LogP contribution in [0.1, 0.15) is 0 Å². The molecule has 0 atom stereocenters. The monoisotopic (exact) mass is 669 g/mol. The van der Waals surface area contributed by atoms with E-state index in [2.05, 4.69) is 161 Å². The van der Waals surface area contributed by atoms with E-state index in [4.69, 9.17) is 4.98 Å². The lowest BCUT2D eigenvalue weighted by molar-refractivity contribution is 1.10. The average molecular weight is 669 g/mol. The molecule has 3 nitrogen and oxygen atoms in total. The van der Waals surface area contributed by atoms with E-state index < -0.39 is 0 Å². The SMILES string of the molecule is c1ccc(-c2nc3cccc4c3n2-c2cccc3c2B4c2cc4c(cc2S3)Sc2cccc3c2B4c2ccccc2N3c2ccccc2)cc1. The number of fused-ring (bicyclic) bond motifs is 8. The second-order valence-electron chi connectivity index (χ2n) is 13.5. The highest BCUT2D eigenvalue weighted by Gasteiger charge is 2.44. The minimum Gasteiger partial charge on any atom is -0.311 e. The largest absolute Gasteiger partial charge is 0.311 e. The Morgan fingerprint density at radius 3 is 1.84 bits per heavy atom. The van der Waals surface area contributed by atoms with Crippen molar-refractivity contribution in [3.63, 3.8) is 0 Å². The Balaban J connectivity index is 1.11. The van der Waals surface area contributed by atoms with Crippen LogP contribution in [0.15, 0.2) is 171 Å². The zero-order valence-electron chi connectivity index (χ0n) is 26.7. The highest BCUT2D eigenvalue weighted by atomic mass is 32.2. The van der Waals surface area contributed by atoms with Gasteiger partial charge in [0.15, 0.2) is 0 Å². The number of para-hydroxylation sites is 3. The van der Waals surface area contributed by atoms with E-state index >= 15 is 0 Å². The zero-order chi connectivity index (χ0) is 32.5. The summed E-state index contributed by atoms with van der Waals surface area (Å²) in [6.07, 6.45) is 0. The van der Waals surface area contributed by atoms with E-state index in [1.54, 1.807) is 0 Å². The van der Waals surface area contributed by atoms with Gasteiger partial charge >= 0.3 is 0 Å². The number of nitrogens with zero attached hydrogens (tertiary/aromatic N) is 3. The second-order valence-corrected chi connectivity index (χ2v) is 15.6. The molecule has 7 aromatic carbocycles. The van der Waals surface area contributed by atoms with Crippen LogP contribution >= 0.6 is 23.5 Å². The first-order valence-corrected chi connectivity index (χ1v) is 18.8. The molecule has 4 aliphatic rings. The van der Waals surface area contributed by atoms with Crippen molar-refractivity contribution in [3.05, 3.63) is 152 Å². The maximum atomic E-state index is 5.27. The Labute approximate surface area is 299 Å². The topological polar surface area (TPSA) is 21.1 Å². The van der Waals surface area contributed by atoms with Crippen molar-refractivity contribution in [1.82, 2.24) is 9.55 Å². The molecule has 4 aliphatic heterocycles. The summed E-state index contributed by atoms with van der Waals surface area (Å²) in [7, 11) is 0. The number of aromatic nitrogens is 2. The Kier molecular flexibility index (Phi) is 5.55. The van der Waals surface area contributed by atoms with Crippen molar-refractivity contribution in [1.29, 1.82) is 0 Å². The van der Waals surface area contributed by atoms with Gasteiger partial charge in [0.05, 0.1) is 11.0 Å². The predicted octanol–water partition coefficient (Wildman–Crippen LogP) is 6.75. The van der Waals surface area contributed by atoms with Crippen molar-refractivity contribution in [2.75, 3.05) is 4.90 Å². The fourth-order valence-corrected chi connectivity index (χ4v) is 11.4. The van der Waals surface area contributed by atoms with Crippen LogP contribution in [0.2, 0.25) is 0 Å². The first-order valence-electron chi connectivity index (χ1n) is 17.1. The standard InChI is InChI=1S/C43H25B2N3S2/c1-3-12-26(13-4-1)43-46-32-18-9-17-29-42(32)48(43)35-21-11-23-37-41(35)45(29)31-24-30-38(25-39(31)50-37)49-36-22-10-20-34-40(36)44(30)28-16-7-8-19-33(28)47(34)27-14-5-2-6-15-27/h1-25H. The predicted molar refractivity (Wildman–Crippen MR) is 212 cm³/mol. The maximum absolute atomic E-state index is 5.27. The fourth-order valence-electron chi connectivity index (χ4n) is 8.95. The fraction of sp³-hybridized carbons (Fsp3) is 0. The summed E-state index contributed by atoms with van der Waals surface area (Å²) in [6.45, 7) is 0.274. The van der Waals surface area contributed by atoms with E-state index in [9.17, 15) is 0 Å². The second kappa shape index (κ2) is 10.1. The summed E-state index contributed by atoms with van der Waals surface area (Å²) >= 11 is 3.86. The molecule has 50 heavy (non-hydrogen) atoms. The summed E-state index contributed by atoms with van der Waals surface area (Å²) < 4.78 is 2.42. The molecule has 7 heteroatoms. The van der Waals surface area contributed by atoms with Crippen LogP contribution in [-0.2, 0) is 0 Å². The molecule has 0 saturated heterocycles. The molecular formula is C43H25B2N3S2. The van der Waals surface area contributed by atoms with Crippen molar-refractivity contribution in [2.45, 2.75) is 19.6 Å². The van der Waals surface area contributed by atoms with Crippen LogP contribution < -0.4 is 37.7 Å². The van der Waals surface area contributed by atoms with Gasteiger partial charge in [-0.3, -0.25) is 4.57 Å². The van der Waals surface area contributed by atoms with E-state index in [0.717, 1.165) is 16.9 Å². The molecule has 0 aliphatic carbocycles. The third kappa shape index (κ3) is 3.58. The zero-order valence-corrected chi connectivity index (χ0v) is 28.4. The van der Waals surface area contributed by atoms with E-state index in [1.807, 2.05) is 23.5 Å². The number of rotatable bonds is 2. The van der Waals surface area contributed by atoms with Crippen LogP contribution in [-0.4, -0.2) is 23.0 Å². The van der Waals surface area contributed by atoms with Crippen LogP contribution in [0.5, 0.6) is 0 Å². The summed E-state index contributed by atoms with van der Waals surface area (Å²) in [6, 6.07) is 56.0. The number of hydrogen-bond donors (Lipinski definition) is 0. The summed E-state index contributed by atoms with van der Waals surface area (Å²) in [4.78, 5) is 13.1. The van der Waals surface area contributed by atoms with Gasteiger partial charge in [-0.05, 0) is 76.4 Å². The van der Waals surface area contributed by atoms with Crippen LogP contribution in [0.25, 0.3) is 28.1 Å². The Morgan fingerprint density at radius 1 is 0.460 bits per heavy atom. The Morgan fingerprint density at radius 2 is 1.06 bits per heavy atom. The molecule has 0 radical (unpaired) electrons. The number of anilines is 3. The first kappa shape index (κ1) is 27.5. The van der Waals surface area contributed by atoms with Gasteiger partial charge in [-0.25, -0.2) is 4.98 Å². The van der Waals surface area contributed by atoms with Crippen LogP contribution in [0.4, 0.5) is 17.1 Å². The van der Waals surface area contributed by atoms with Crippen LogP contribution in [0.3, 0.4) is 0 Å². The molecular weight excluding hydrogens is 644 g/mol. The first-order chi connectivity index (χ1) is 24.8. The molecule has 0 unspecified atom stereocenters. The van der Waals surface area contributed by atoms with E-state index in [0.29, 0.717) is 0 Å².